The highest BCUT2D eigenvalue weighted by Gasteiger charge is 2.51. The van der Waals surface area contributed by atoms with Crippen LogP contribution in [0.4, 0.5) is 0 Å². The maximum atomic E-state index is 6.34. The third kappa shape index (κ3) is 1.92. The molecule has 0 saturated carbocycles. The van der Waals surface area contributed by atoms with E-state index in [-0.39, 0.29) is 0 Å². The van der Waals surface area contributed by atoms with Gasteiger partial charge in [0.15, 0.2) is 0 Å². The number of hydrogen-bond acceptors (Lipinski definition) is 1. The van der Waals surface area contributed by atoms with Gasteiger partial charge in [0, 0.05) is 26.2 Å². The molecule has 1 unspecified atom stereocenters. The minimum atomic E-state index is -0.426. The largest absolute Gasteiger partial charge is 0.457 e. The molecule has 4 aromatic carbocycles. The second kappa shape index (κ2) is 5.73. The third-order valence-electron chi connectivity index (χ3n) is 5.88. The number of para-hydroxylation sites is 1. The molecule has 1 atom stereocenters. The van der Waals surface area contributed by atoms with Crippen molar-refractivity contribution in [2.45, 2.75) is 5.41 Å². The lowest BCUT2D eigenvalue weighted by Crippen LogP contribution is -2.32. The van der Waals surface area contributed by atoms with Crippen LogP contribution in [0.5, 0.6) is 11.5 Å². The molecular formula is C25H14BrClO. The van der Waals surface area contributed by atoms with E-state index in [1.807, 2.05) is 24.3 Å². The zero-order valence-corrected chi connectivity index (χ0v) is 17.1. The van der Waals surface area contributed by atoms with E-state index < -0.39 is 5.41 Å². The Bertz CT molecular complexity index is 1280. The summed E-state index contributed by atoms with van der Waals surface area (Å²) >= 11 is 10.1. The molecule has 0 saturated heterocycles. The fourth-order valence-corrected chi connectivity index (χ4v) is 5.63. The summed E-state index contributed by atoms with van der Waals surface area (Å²) in [6, 6.07) is 29.5. The van der Waals surface area contributed by atoms with Crippen molar-refractivity contribution in [1.29, 1.82) is 0 Å². The molecule has 0 amide bonds. The van der Waals surface area contributed by atoms with Crippen molar-refractivity contribution in [3.8, 4) is 22.6 Å². The minimum absolute atomic E-state index is 0.426. The lowest BCUT2D eigenvalue weighted by atomic mass is 9.66. The summed E-state index contributed by atoms with van der Waals surface area (Å²) in [6.45, 7) is 0. The zero-order chi connectivity index (χ0) is 18.9. The van der Waals surface area contributed by atoms with E-state index in [2.05, 4.69) is 76.6 Å². The zero-order valence-electron chi connectivity index (χ0n) is 14.7. The summed E-state index contributed by atoms with van der Waals surface area (Å²) < 4.78 is 7.41. The molecule has 6 rings (SSSR count). The molecule has 1 nitrogen and oxygen atoms in total. The van der Waals surface area contributed by atoms with Gasteiger partial charge in [-0.25, -0.2) is 0 Å². The molecule has 0 bridgehead atoms. The first kappa shape index (κ1) is 16.4. The Labute approximate surface area is 176 Å². The highest BCUT2D eigenvalue weighted by Crippen LogP contribution is 2.63. The van der Waals surface area contributed by atoms with Crippen LogP contribution in [0.25, 0.3) is 11.1 Å². The van der Waals surface area contributed by atoms with Gasteiger partial charge in [-0.15, -0.1) is 0 Å². The van der Waals surface area contributed by atoms with E-state index in [1.54, 1.807) is 0 Å². The number of halogens is 2. The third-order valence-corrected chi connectivity index (χ3v) is 6.77. The van der Waals surface area contributed by atoms with Crippen LogP contribution in [0.2, 0.25) is 5.02 Å². The molecule has 0 fully saturated rings. The smallest absolute Gasteiger partial charge is 0.133 e. The minimum Gasteiger partial charge on any atom is -0.457 e. The Morgan fingerprint density at radius 1 is 0.679 bits per heavy atom. The van der Waals surface area contributed by atoms with Crippen LogP contribution in [-0.2, 0) is 5.41 Å². The molecule has 1 aliphatic heterocycles. The van der Waals surface area contributed by atoms with Crippen LogP contribution in [0.3, 0.4) is 0 Å². The first-order valence-electron chi connectivity index (χ1n) is 9.17. The molecule has 4 aromatic rings. The Morgan fingerprint density at radius 3 is 2.29 bits per heavy atom. The van der Waals surface area contributed by atoms with E-state index in [9.17, 15) is 0 Å². The van der Waals surface area contributed by atoms with Crippen LogP contribution in [0.15, 0.2) is 89.4 Å². The van der Waals surface area contributed by atoms with Crippen molar-refractivity contribution in [2.24, 2.45) is 0 Å². The monoisotopic (exact) mass is 444 g/mol. The van der Waals surface area contributed by atoms with Crippen molar-refractivity contribution >= 4 is 27.5 Å². The number of fused-ring (bicyclic) bond motifs is 9. The van der Waals surface area contributed by atoms with E-state index in [4.69, 9.17) is 16.3 Å². The van der Waals surface area contributed by atoms with Gasteiger partial charge in [-0.05, 0) is 41.0 Å². The second-order valence-electron chi connectivity index (χ2n) is 7.20. The van der Waals surface area contributed by atoms with E-state index >= 15 is 0 Å². The van der Waals surface area contributed by atoms with Gasteiger partial charge in [-0.3, -0.25) is 0 Å². The molecule has 3 heteroatoms. The summed E-state index contributed by atoms with van der Waals surface area (Å²) in [5, 5.41) is 0.675. The van der Waals surface area contributed by atoms with E-state index in [1.165, 1.54) is 22.3 Å². The summed E-state index contributed by atoms with van der Waals surface area (Å²) in [5.41, 5.74) is 6.90. The normalized spacial score (nSPS) is 18.1. The molecule has 1 spiro atoms. The summed E-state index contributed by atoms with van der Waals surface area (Å²) in [5.74, 6) is 1.69. The lowest BCUT2D eigenvalue weighted by molar-refractivity contribution is 0.436. The van der Waals surface area contributed by atoms with Gasteiger partial charge in [-0.1, -0.05) is 88.2 Å². The van der Waals surface area contributed by atoms with Crippen molar-refractivity contribution in [3.05, 3.63) is 117 Å². The molecule has 28 heavy (non-hydrogen) atoms. The predicted octanol–water partition coefficient (Wildman–Crippen LogP) is 7.57. The molecule has 0 aromatic heterocycles. The Hall–Kier alpha value is -2.55. The second-order valence-corrected chi connectivity index (χ2v) is 8.49. The molecular weight excluding hydrogens is 432 g/mol. The molecule has 0 radical (unpaired) electrons. The van der Waals surface area contributed by atoms with Crippen LogP contribution < -0.4 is 4.74 Å². The number of rotatable bonds is 0. The average Bonchev–Trinajstić information content (AvgIpc) is 3.01. The van der Waals surface area contributed by atoms with Crippen molar-refractivity contribution in [3.63, 3.8) is 0 Å². The van der Waals surface area contributed by atoms with Gasteiger partial charge in [0.1, 0.15) is 11.5 Å². The van der Waals surface area contributed by atoms with Gasteiger partial charge in [-0.2, -0.15) is 0 Å². The highest BCUT2D eigenvalue weighted by atomic mass is 79.9. The lowest BCUT2D eigenvalue weighted by Gasteiger charge is -2.39. The van der Waals surface area contributed by atoms with Crippen LogP contribution >= 0.6 is 27.5 Å². The average molecular weight is 446 g/mol. The summed E-state index contributed by atoms with van der Waals surface area (Å²) in [4.78, 5) is 0. The summed E-state index contributed by atoms with van der Waals surface area (Å²) in [6.07, 6.45) is 0. The van der Waals surface area contributed by atoms with Crippen LogP contribution in [0.1, 0.15) is 22.3 Å². The van der Waals surface area contributed by atoms with Gasteiger partial charge in [0.25, 0.3) is 0 Å². The fraction of sp³-hybridized carbons (Fsp3) is 0.0400. The Balaban J connectivity index is 1.86. The fourth-order valence-electron chi connectivity index (χ4n) is 4.88. The Kier molecular flexibility index (Phi) is 3.36. The van der Waals surface area contributed by atoms with Gasteiger partial charge in [0.2, 0.25) is 0 Å². The molecule has 0 N–H and O–H groups in total. The molecule has 2 aliphatic rings. The first-order valence-corrected chi connectivity index (χ1v) is 10.3. The van der Waals surface area contributed by atoms with E-state index in [0.717, 1.165) is 27.1 Å². The van der Waals surface area contributed by atoms with Gasteiger partial charge < -0.3 is 4.74 Å². The maximum Gasteiger partial charge on any atom is 0.133 e. The first-order chi connectivity index (χ1) is 13.7. The SMILES string of the molecule is Clc1ccc2c(c1)Oc1ccccc1C21c2ccccc2-c2c(Br)cccc21. The molecule has 1 heterocycles. The molecule has 134 valence electrons. The Morgan fingerprint density at radius 2 is 1.39 bits per heavy atom. The highest BCUT2D eigenvalue weighted by molar-refractivity contribution is 9.10. The van der Waals surface area contributed by atoms with Crippen LogP contribution in [0, 0.1) is 0 Å². The maximum absolute atomic E-state index is 6.34. The van der Waals surface area contributed by atoms with Crippen LogP contribution in [-0.4, -0.2) is 0 Å². The number of ether oxygens (including phenoxy) is 1. The van der Waals surface area contributed by atoms with Gasteiger partial charge >= 0.3 is 0 Å². The van der Waals surface area contributed by atoms with Crippen molar-refractivity contribution in [2.75, 3.05) is 0 Å². The van der Waals surface area contributed by atoms with Crippen molar-refractivity contribution < 1.29 is 4.74 Å². The summed E-state index contributed by atoms with van der Waals surface area (Å²) in [7, 11) is 0. The van der Waals surface area contributed by atoms with Crippen molar-refractivity contribution in [1.82, 2.24) is 0 Å². The molecule has 1 aliphatic carbocycles. The van der Waals surface area contributed by atoms with E-state index in [0.29, 0.717) is 5.02 Å². The number of hydrogen-bond donors (Lipinski definition) is 0. The quantitative estimate of drug-likeness (QED) is 0.234. The topological polar surface area (TPSA) is 9.23 Å². The van der Waals surface area contributed by atoms with Gasteiger partial charge in [0.05, 0.1) is 5.41 Å². The standard InChI is InChI=1S/C25H14BrClO/c26-21-10-5-9-20-24(21)16-6-1-2-7-17(16)25(20)18-8-3-4-11-22(18)28-23-14-15(27)12-13-19(23)25/h1-14H. The predicted molar refractivity (Wildman–Crippen MR) is 117 cm³/mol. The number of benzene rings is 4.